The predicted molar refractivity (Wildman–Crippen MR) is 65.1 cm³/mol. The molecule has 2 N–H and O–H groups in total. The van der Waals surface area contributed by atoms with Gasteiger partial charge < -0.3 is 0 Å². The SMILES string of the molecule is Cc1ccc(Cl)c2ccc(S(N)(=O)=O)cc12. The van der Waals surface area contributed by atoms with Gasteiger partial charge in [-0.15, -0.1) is 0 Å². The molecule has 0 saturated carbocycles. The second kappa shape index (κ2) is 3.73. The summed E-state index contributed by atoms with van der Waals surface area (Å²) in [6.07, 6.45) is 0. The van der Waals surface area contributed by atoms with Gasteiger partial charge in [0, 0.05) is 10.4 Å². The minimum atomic E-state index is -3.67. The van der Waals surface area contributed by atoms with E-state index in [4.69, 9.17) is 16.7 Å². The maximum absolute atomic E-state index is 11.2. The van der Waals surface area contributed by atoms with E-state index in [2.05, 4.69) is 0 Å². The van der Waals surface area contributed by atoms with Crippen LogP contribution in [0.15, 0.2) is 35.2 Å². The number of rotatable bonds is 1. The van der Waals surface area contributed by atoms with Gasteiger partial charge in [0.15, 0.2) is 0 Å². The summed E-state index contributed by atoms with van der Waals surface area (Å²) in [5.41, 5.74) is 0.963. The molecule has 0 aliphatic rings. The van der Waals surface area contributed by atoms with Crippen molar-refractivity contribution in [2.75, 3.05) is 0 Å². The van der Waals surface area contributed by atoms with Crippen LogP contribution in [0.1, 0.15) is 5.56 Å². The molecule has 0 unspecified atom stereocenters. The number of primary sulfonamides is 1. The van der Waals surface area contributed by atoms with Gasteiger partial charge in [0.25, 0.3) is 0 Å². The quantitative estimate of drug-likeness (QED) is 0.851. The van der Waals surface area contributed by atoms with Crippen molar-refractivity contribution in [2.45, 2.75) is 11.8 Å². The van der Waals surface area contributed by atoms with Crippen molar-refractivity contribution in [1.82, 2.24) is 0 Å². The molecule has 0 aromatic heterocycles. The van der Waals surface area contributed by atoms with Gasteiger partial charge in [-0.3, -0.25) is 0 Å². The maximum Gasteiger partial charge on any atom is 0.238 e. The Hall–Kier alpha value is -1.10. The number of fused-ring (bicyclic) bond motifs is 1. The number of nitrogens with two attached hydrogens (primary N) is 1. The summed E-state index contributed by atoms with van der Waals surface area (Å²) < 4.78 is 22.4. The summed E-state index contributed by atoms with van der Waals surface area (Å²) >= 11 is 6.01. The lowest BCUT2D eigenvalue weighted by Crippen LogP contribution is -2.11. The molecule has 0 bridgehead atoms. The predicted octanol–water partition coefficient (Wildman–Crippen LogP) is 2.45. The van der Waals surface area contributed by atoms with Crippen LogP contribution in [-0.4, -0.2) is 8.42 Å². The molecule has 0 aliphatic heterocycles. The van der Waals surface area contributed by atoms with Crippen molar-refractivity contribution >= 4 is 32.4 Å². The van der Waals surface area contributed by atoms with Crippen molar-refractivity contribution in [3.05, 3.63) is 40.9 Å². The Kier molecular flexibility index (Phi) is 2.66. The first kappa shape index (κ1) is 11.4. The third-order valence-electron chi connectivity index (χ3n) is 2.48. The van der Waals surface area contributed by atoms with E-state index in [-0.39, 0.29) is 4.90 Å². The number of hydrogen-bond acceptors (Lipinski definition) is 2. The van der Waals surface area contributed by atoms with E-state index in [9.17, 15) is 8.42 Å². The third-order valence-corrected chi connectivity index (χ3v) is 3.72. The molecule has 0 aliphatic carbocycles. The van der Waals surface area contributed by atoms with Gasteiger partial charge in [-0.05, 0) is 36.1 Å². The summed E-state index contributed by atoms with van der Waals surface area (Å²) in [6.45, 7) is 1.89. The molecule has 5 heteroatoms. The molecule has 0 amide bonds. The Labute approximate surface area is 98.9 Å². The average molecular weight is 256 g/mol. The van der Waals surface area contributed by atoms with Crippen LogP contribution in [0.25, 0.3) is 10.8 Å². The highest BCUT2D eigenvalue weighted by atomic mass is 35.5. The van der Waals surface area contributed by atoms with E-state index in [1.54, 1.807) is 18.2 Å². The van der Waals surface area contributed by atoms with Gasteiger partial charge in [-0.25, -0.2) is 13.6 Å². The number of benzene rings is 2. The molecule has 2 rings (SSSR count). The minimum absolute atomic E-state index is 0.102. The standard InChI is InChI=1S/C11H10ClNO2S/c1-7-2-5-11(12)9-4-3-8(6-10(7)9)16(13,14)15/h2-6H,1H3,(H2,13,14,15). The molecular formula is C11H10ClNO2S. The fraction of sp³-hybridized carbons (Fsp3) is 0.0909. The first-order valence-corrected chi connectivity index (χ1v) is 6.54. The van der Waals surface area contributed by atoms with Gasteiger partial charge in [0.2, 0.25) is 10.0 Å². The molecule has 0 fully saturated rings. The minimum Gasteiger partial charge on any atom is -0.225 e. The van der Waals surface area contributed by atoms with Crippen molar-refractivity contribution in [1.29, 1.82) is 0 Å². The Bertz CT molecular complexity index is 665. The van der Waals surface area contributed by atoms with E-state index in [1.807, 2.05) is 13.0 Å². The molecule has 16 heavy (non-hydrogen) atoms. The molecule has 2 aromatic carbocycles. The third kappa shape index (κ3) is 1.91. The zero-order valence-electron chi connectivity index (χ0n) is 8.57. The molecule has 0 saturated heterocycles. The van der Waals surface area contributed by atoms with Crippen LogP contribution >= 0.6 is 11.6 Å². The summed E-state index contributed by atoms with van der Waals surface area (Å²) in [5.74, 6) is 0. The van der Waals surface area contributed by atoms with Crippen molar-refractivity contribution < 1.29 is 8.42 Å². The Balaban J connectivity index is 2.86. The van der Waals surface area contributed by atoms with Gasteiger partial charge >= 0.3 is 0 Å². The van der Waals surface area contributed by atoms with Gasteiger partial charge in [0.05, 0.1) is 4.90 Å². The van der Waals surface area contributed by atoms with Crippen LogP contribution in [0, 0.1) is 6.92 Å². The lowest BCUT2D eigenvalue weighted by atomic mass is 10.1. The second-order valence-corrected chi connectivity index (χ2v) is 5.59. The van der Waals surface area contributed by atoms with Crippen LogP contribution in [-0.2, 0) is 10.0 Å². The highest BCUT2D eigenvalue weighted by Crippen LogP contribution is 2.28. The normalized spacial score (nSPS) is 11.9. The summed E-state index contributed by atoms with van der Waals surface area (Å²) in [5, 5.41) is 7.31. The number of hydrogen-bond donors (Lipinski definition) is 1. The van der Waals surface area contributed by atoms with Crippen LogP contribution < -0.4 is 5.14 Å². The Morgan fingerprint density at radius 3 is 2.44 bits per heavy atom. The average Bonchev–Trinajstić information content (AvgIpc) is 2.22. The number of halogens is 1. The maximum atomic E-state index is 11.2. The van der Waals surface area contributed by atoms with Crippen LogP contribution in [0.4, 0.5) is 0 Å². The molecule has 84 valence electrons. The fourth-order valence-corrected chi connectivity index (χ4v) is 2.38. The van der Waals surface area contributed by atoms with Crippen molar-refractivity contribution in [3.63, 3.8) is 0 Å². The van der Waals surface area contributed by atoms with Crippen molar-refractivity contribution in [3.8, 4) is 0 Å². The van der Waals surface area contributed by atoms with E-state index in [1.165, 1.54) is 6.07 Å². The smallest absolute Gasteiger partial charge is 0.225 e. The lowest BCUT2D eigenvalue weighted by molar-refractivity contribution is 0.598. The lowest BCUT2D eigenvalue weighted by Gasteiger charge is -2.06. The monoisotopic (exact) mass is 255 g/mol. The zero-order valence-corrected chi connectivity index (χ0v) is 10.1. The first-order valence-electron chi connectivity index (χ1n) is 4.61. The van der Waals surface area contributed by atoms with E-state index in [0.29, 0.717) is 5.02 Å². The van der Waals surface area contributed by atoms with E-state index in [0.717, 1.165) is 16.3 Å². The highest BCUT2D eigenvalue weighted by molar-refractivity contribution is 7.89. The van der Waals surface area contributed by atoms with Gasteiger partial charge in [0.1, 0.15) is 0 Å². The summed E-state index contributed by atoms with van der Waals surface area (Å²) in [4.78, 5) is 0.102. The summed E-state index contributed by atoms with van der Waals surface area (Å²) in [7, 11) is -3.67. The first-order chi connectivity index (χ1) is 7.39. The molecule has 0 heterocycles. The molecule has 0 spiro atoms. The zero-order chi connectivity index (χ0) is 11.9. The van der Waals surface area contributed by atoms with Crippen LogP contribution in [0.2, 0.25) is 5.02 Å². The largest absolute Gasteiger partial charge is 0.238 e. The van der Waals surface area contributed by atoms with Crippen LogP contribution in [0.5, 0.6) is 0 Å². The molecule has 0 atom stereocenters. The molecule has 2 aromatic rings. The van der Waals surface area contributed by atoms with Crippen LogP contribution in [0.3, 0.4) is 0 Å². The van der Waals surface area contributed by atoms with Gasteiger partial charge in [-0.2, -0.15) is 0 Å². The number of sulfonamides is 1. The van der Waals surface area contributed by atoms with Crippen molar-refractivity contribution in [2.24, 2.45) is 5.14 Å². The Morgan fingerprint density at radius 2 is 1.81 bits per heavy atom. The van der Waals surface area contributed by atoms with Gasteiger partial charge in [-0.1, -0.05) is 23.7 Å². The molecule has 0 radical (unpaired) electrons. The molecule has 3 nitrogen and oxygen atoms in total. The fourth-order valence-electron chi connectivity index (χ4n) is 1.61. The highest BCUT2D eigenvalue weighted by Gasteiger charge is 2.10. The Morgan fingerprint density at radius 1 is 1.12 bits per heavy atom. The summed E-state index contributed by atoms with van der Waals surface area (Å²) in [6, 6.07) is 8.31. The van der Waals surface area contributed by atoms with E-state index < -0.39 is 10.0 Å². The molecular weight excluding hydrogens is 246 g/mol. The topological polar surface area (TPSA) is 60.2 Å². The second-order valence-electron chi connectivity index (χ2n) is 3.62. The number of aryl methyl sites for hydroxylation is 1. The van der Waals surface area contributed by atoms with E-state index >= 15 is 0 Å².